The molecule has 3 rings (SSSR count). The maximum absolute atomic E-state index is 13.0. The number of aromatic hydroxyl groups is 1. The maximum atomic E-state index is 13.0. The highest BCUT2D eigenvalue weighted by Gasteiger charge is 2.25. The molecule has 156 valence electrons. The Morgan fingerprint density at radius 1 is 0.967 bits per heavy atom. The first-order valence-electron chi connectivity index (χ1n) is 8.76. The summed E-state index contributed by atoms with van der Waals surface area (Å²) in [5, 5.41) is 13.6. The second kappa shape index (κ2) is 8.98. The van der Waals surface area contributed by atoms with E-state index in [4.69, 9.17) is 23.2 Å². The Balaban J connectivity index is 2.17. The molecule has 0 bridgehead atoms. The molecule has 0 saturated carbocycles. The van der Waals surface area contributed by atoms with Gasteiger partial charge in [-0.1, -0.05) is 57.3 Å². The van der Waals surface area contributed by atoms with Gasteiger partial charge in [-0.25, -0.2) is 5.32 Å². The Morgan fingerprint density at radius 2 is 1.50 bits per heavy atom. The van der Waals surface area contributed by atoms with Crippen LogP contribution in [0.4, 0.5) is 5.69 Å². The van der Waals surface area contributed by atoms with Crippen LogP contribution in [0, 0.1) is 13.8 Å². The van der Waals surface area contributed by atoms with Gasteiger partial charge in [-0.05, 0) is 50.2 Å². The zero-order chi connectivity index (χ0) is 22.1. The number of anilines is 1. The lowest BCUT2D eigenvalue weighted by atomic mass is 10.1. The summed E-state index contributed by atoms with van der Waals surface area (Å²) in [6, 6.07) is 15.1. The number of benzene rings is 3. The number of sulfonamides is 1. The molecule has 0 aliphatic heterocycles. The fourth-order valence-electron chi connectivity index (χ4n) is 2.76. The van der Waals surface area contributed by atoms with Gasteiger partial charge in [-0.15, -0.1) is 0 Å². The standard InChI is InChI=1S/C21H17BrCl2N2O3S/c1-12-17(23)19(18(24)13(2)20(12)27)25-21(14-6-4-3-5-7-14)26-30(28,29)16-10-8-15(22)9-11-16/h3-11,27H,1-2H3,(H,25,26)/p+1. The van der Waals surface area contributed by atoms with Crippen LogP contribution in [0.15, 0.2) is 64.0 Å². The van der Waals surface area contributed by atoms with E-state index in [2.05, 4.69) is 25.6 Å². The third kappa shape index (κ3) is 4.64. The number of phenolic OH excluding ortho intramolecular Hbond substituents is 1. The van der Waals surface area contributed by atoms with Crippen LogP contribution in [0.1, 0.15) is 16.7 Å². The molecule has 0 fully saturated rings. The smallest absolute Gasteiger partial charge is 0.328 e. The largest absolute Gasteiger partial charge is 0.507 e. The van der Waals surface area contributed by atoms with Crippen LogP contribution in [-0.2, 0) is 10.0 Å². The number of rotatable bonds is 4. The van der Waals surface area contributed by atoms with E-state index in [9.17, 15) is 13.5 Å². The highest BCUT2D eigenvalue weighted by atomic mass is 79.9. The minimum Gasteiger partial charge on any atom is -0.507 e. The van der Waals surface area contributed by atoms with Crippen molar-refractivity contribution >= 4 is 60.7 Å². The molecule has 3 aromatic rings. The van der Waals surface area contributed by atoms with E-state index in [0.717, 1.165) is 4.47 Å². The summed E-state index contributed by atoms with van der Waals surface area (Å²) in [4.78, 5) is 0.0937. The molecule has 0 aliphatic carbocycles. The van der Waals surface area contributed by atoms with Crippen molar-refractivity contribution in [2.24, 2.45) is 0 Å². The molecule has 3 N–H and O–H groups in total. The van der Waals surface area contributed by atoms with Crippen molar-refractivity contribution in [2.75, 3.05) is 5.32 Å². The summed E-state index contributed by atoms with van der Waals surface area (Å²) >= 11 is 16.1. The van der Waals surface area contributed by atoms with E-state index < -0.39 is 10.0 Å². The van der Waals surface area contributed by atoms with Crippen LogP contribution in [0.25, 0.3) is 0 Å². The van der Waals surface area contributed by atoms with Crippen LogP contribution in [-0.4, -0.2) is 19.4 Å². The molecule has 0 amide bonds. The van der Waals surface area contributed by atoms with Crippen LogP contribution >= 0.6 is 39.1 Å². The van der Waals surface area contributed by atoms with Crippen molar-refractivity contribution in [3.8, 4) is 5.75 Å². The second-order valence-corrected chi connectivity index (χ2v) is 9.88. The lowest BCUT2D eigenvalue weighted by Gasteiger charge is -2.13. The Kier molecular flexibility index (Phi) is 6.77. The minimum atomic E-state index is -3.90. The molecule has 0 heterocycles. The van der Waals surface area contributed by atoms with Gasteiger partial charge >= 0.3 is 10.0 Å². The predicted molar refractivity (Wildman–Crippen MR) is 124 cm³/mol. The van der Waals surface area contributed by atoms with E-state index in [-0.39, 0.29) is 26.5 Å². The number of hydrogen-bond donors (Lipinski definition) is 3. The molecular weight excluding hydrogens is 511 g/mol. The minimum absolute atomic E-state index is 0.00717. The van der Waals surface area contributed by atoms with E-state index >= 15 is 0 Å². The van der Waals surface area contributed by atoms with Gasteiger partial charge in [0.05, 0.1) is 15.6 Å². The molecule has 5 nitrogen and oxygen atoms in total. The first-order chi connectivity index (χ1) is 14.1. The van der Waals surface area contributed by atoms with Crippen LogP contribution in [0.2, 0.25) is 10.0 Å². The second-order valence-electron chi connectivity index (χ2n) is 6.53. The van der Waals surface area contributed by atoms with Gasteiger partial charge in [0.1, 0.15) is 10.6 Å². The summed E-state index contributed by atoms with van der Waals surface area (Å²) in [5.41, 5.74) is 1.74. The number of amidine groups is 1. The molecule has 0 aromatic heterocycles. The molecular formula is C21H18BrCl2N2O3S+. The van der Waals surface area contributed by atoms with E-state index in [1.54, 1.807) is 50.2 Å². The molecule has 0 saturated heterocycles. The Morgan fingerprint density at radius 3 is 2.03 bits per heavy atom. The quantitative estimate of drug-likeness (QED) is 0.266. The average Bonchev–Trinajstić information content (AvgIpc) is 2.74. The van der Waals surface area contributed by atoms with Crippen LogP contribution in [0.5, 0.6) is 5.75 Å². The summed E-state index contributed by atoms with van der Waals surface area (Å²) in [6.07, 6.45) is 0. The summed E-state index contributed by atoms with van der Waals surface area (Å²) in [6.45, 7) is 3.31. The fraction of sp³-hybridized carbons (Fsp3) is 0.0952. The third-order valence-corrected chi connectivity index (χ3v) is 7.32. The van der Waals surface area contributed by atoms with Crippen molar-refractivity contribution in [1.29, 1.82) is 0 Å². The molecule has 0 atom stereocenters. The highest BCUT2D eigenvalue weighted by Crippen LogP contribution is 2.42. The van der Waals surface area contributed by atoms with Crippen molar-refractivity contribution in [3.05, 3.63) is 85.8 Å². The normalized spacial score (nSPS) is 12.1. The lowest BCUT2D eigenvalue weighted by Crippen LogP contribution is -2.78. The number of halogens is 3. The van der Waals surface area contributed by atoms with Gasteiger partial charge in [-0.2, -0.15) is 12.8 Å². The number of hydrogen-bond acceptors (Lipinski definition) is 3. The molecule has 30 heavy (non-hydrogen) atoms. The van der Waals surface area contributed by atoms with Crippen molar-refractivity contribution in [3.63, 3.8) is 0 Å². The average molecular weight is 529 g/mol. The maximum Gasteiger partial charge on any atom is 0.328 e. The first kappa shape index (κ1) is 22.6. The van der Waals surface area contributed by atoms with Crippen LogP contribution in [0.3, 0.4) is 0 Å². The molecule has 0 unspecified atom stereocenters. The number of phenols is 1. The Labute approximate surface area is 193 Å². The molecule has 9 heteroatoms. The van der Waals surface area contributed by atoms with E-state index in [0.29, 0.717) is 22.4 Å². The lowest BCUT2D eigenvalue weighted by molar-refractivity contribution is -0.266. The van der Waals surface area contributed by atoms with Crippen molar-refractivity contribution in [1.82, 2.24) is 0 Å². The van der Waals surface area contributed by atoms with Crippen LogP contribution < -0.4 is 9.71 Å². The van der Waals surface area contributed by atoms with Gasteiger partial charge in [-0.3, -0.25) is 0 Å². The third-order valence-electron chi connectivity index (χ3n) is 4.48. The summed E-state index contributed by atoms with van der Waals surface area (Å²) in [7, 11) is -3.90. The fourth-order valence-corrected chi connectivity index (χ4v) is 4.59. The molecule has 0 radical (unpaired) electrons. The predicted octanol–water partition coefficient (Wildman–Crippen LogP) is 4.41. The SMILES string of the molecule is Cc1c(O)c(C)c(Cl)c(NC(=[NH+]S(=O)(=O)c2ccc(Br)cc2)c2ccccc2)c1Cl. The zero-order valence-electron chi connectivity index (χ0n) is 16.0. The molecule has 3 aromatic carbocycles. The van der Waals surface area contributed by atoms with E-state index in [1.165, 1.54) is 12.1 Å². The zero-order valence-corrected chi connectivity index (χ0v) is 19.9. The Hall–Kier alpha value is -2.06. The van der Waals surface area contributed by atoms with Gasteiger partial charge in [0, 0.05) is 15.6 Å². The van der Waals surface area contributed by atoms with Gasteiger partial charge in [0.15, 0.2) is 5.69 Å². The first-order valence-corrected chi connectivity index (χ1v) is 11.8. The topological polar surface area (TPSA) is 80.4 Å². The van der Waals surface area contributed by atoms with Crippen molar-refractivity contribution in [2.45, 2.75) is 18.7 Å². The van der Waals surface area contributed by atoms with Gasteiger partial charge in [0.25, 0.3) is 5.84 Å². The Bertz CT molecular complexity index is 1200. The van der Waals surface area contributed by atoms with Crippen molar-refractivity contribution < 1.29 is 17.9 Å². The summed E-state index contributed by atoms with van der Waals surface area (Å²) in [5.74, 6) is 0.166. The molecule has 0 aliphatic rings. The van der Waals surface area contributed by atoms with Gasteiger partial charge < -0.3 is 5.11 Å². The monoisotopic (exact) mass is 527 g/mol. The van der Waals surface area contributed by atoms with Gasteiger partial charge in [0.2, 0.25) is 0 Å². The number of nitrogens with one attached hydrogen (secondary N) is 2. The highest BCUT2D eigenvalue weighted by molar-refractivity contribution is 9.10. The van der Waals surface area contributed by atoms with E-state index in [1.807, 2.05) is 6.07 Å². The summed E-state index contributed by atoms with van der Waals surface area (Å²) < 4.78 is 29.3. The molecule has 0 spiro atoms.